The first-order chi connectivity index (χ1) is 15.6. The van der Waals surface area contributed by atoms with Crippen LogP contribution in [-0.4, -0.2) is 34.5 Å². The molecule has 7 heteroatoms. The zero-order valence-electron chi connectivity index (χ0n) is 18.3. The number of aryl methyl sites for hydroxylation is 3. The summed E-state index contributed by atoms with van der Waals surface area (Å²) in [5.41, 5.74) is 4.22. The minimum Gasteiger partial charge on any atom is -0.350 e. The molecule has 1 aromatic carbocycles. The Kier molecular flexibility index (Phi) is 5.57. The third-order valence-electron chi connectivity index (χ3n) is 5.88. The van der Waals surface area contributed by atoms with E-state index in [2.05, 4.69) is 17.2 Å². The number of nitrogens with one attached hydrogen (secondary N) is 1. The van der Waals surface area contributed by atoms with Crippen molar-refractivity contribution in [1.29, 1.82) is 0 Å². The van der Waals surface area contributed by atoms with Gasteiger partial charge in [-0.1, -0.05) is 25.1 Å². The number of thiophene rings is 1. The van der Waals surface area contributed by atoms with Gasteiger partial charge in [0, 0.05) is 35.6 Å². The molecule has 0 unspecified atom stereocenters. The highest BCUT2D eigenvalue weighted by Crippen LogP contribution is 2.41. The van der Waals surface area contributed by atoms with Gasteiger partial charge >= 0.3 is 0 Å². The molecule has 0 saturated carbocycles. The topological polar surface area (TPSA) is 71.0 Å². The number of aromatic nitrogens is 3. The van der Waals surface area contributed by atoms with Crippen LogP contribution >= 0.6 is 11.3 Å². The van der Waals surface area contributed by atoms with Crippen molar-refractivity contribution >= 4 is 39.0 Å². The highest BCUT2D eigenvalue weighted by molar-refractivity contribution is 7.19. The number of nitrogens with zero attached hydrogens (tertiary/aromatic N) is 4. The van der Waals surface area contributed by atoms with Crippen molar-refractivity contribution in [1.82, 2.24) is 15.0 Å². The maximum absolute atomic E-state index is 12.9. The van der Waals surface area contributed by atoms with Gasteiger partial charge in [-0.2, -0.15) is 0 Å². The maximum atomic E-state index is 12.9. The van der Waals surface area contributed by atoms with Crippen molar-refractivity contribution in [3.05, 3.63) is 64.8 Å². The Morgan fingerprint density at radius 1 is 1.16 bits per heavy atom. The van der Waals surface area contributed by atoms with E-state index in [-0.39, 0.29) is 12.5 Å². The minimum absolute atomic E-state index is 0.0602. The number of rotatable bonds is 6. The predicted molar refractivity (Wildman–Crippen MR) is 130 cm³/mol. The maximum Gasteiger partial charge on any atom is 0.243 e. The molecule has 162 valence electrons. The predicted octanol–water partition coefficient (Wildman–Crippen LogP) is 4.88. The normalized spacial score (nSPS) is 12.7. The molecule has 3 heterocycles. The summed E-state index contributed by atoms with van der Waals surface area (Å²) in [6.07, 6.45) is 7.69. The molecule has 1 aliphatic rings. The van der Waals surface area contributed by atoms with Crippen molar-refractivity contribution in [3.63, 3.8) is 0 Å². The standard InChI is InChI=1S/C25H25N5OS/c1-3-16-8-4-5-11-19(16)27-21(31)15-30(2)24-22-18-10-6-12-20(18)32-25(22)29-23(28-24)17-9-7-13-26-14-17/h4-5,7-9,11,13-14H,3,6,10,12,15H2,1-2H3,(H,27,31). The molecule has 1 N–H and O–H groups in total. The first-order valence-corrected chi connectivity index (χ1v) is 11.8. The van der Waals surface area contributed by atoms with Crippen molar-refractivity contribution in [2.24, 2.45) is 0 Å². The molecule has 0 fully saturated rings. The molecule has 32 heavy (non-hydrogen) atoms. The van der Waals surface area contributed by atoms with Crippen molar-refractivity contribution in [2.45, 2.75) is 32.6 Å². The summed E-state index contributed by atoms with van der Waals surface area (Å²) < 4.78 is 0. The molecular weight excluding hydrogens is 418 g/mol. The second kappa shape index (κ2) is 8.67. The molecular formula is C25H25N5OS. The van der Waals surface area contributed by atoms with E-state index in [0.29, 0.717) is 5.82 Å². The van der Waals surface area contributed by atoms with E-state index in [9.17, 15) is 4.79 Å². The quantitative estimate of drug-likeness (QED) is 0.460. The summed E-state index contributed by atoms with van der Waals surface area (Å²) in [5.74, 6) is 1.39. The fourth-order valence-corrected chi connectivity index (χ4v) is 5.56. The van der Waals surface area contributed by atoms with E-state index >= 15 is 0 Å². The van der Waals surface area contributed by atoms with Gasteiger partial charge in [0.1, 0.15) is 10.6 Å². The van der Waals surface area contributed by atoms with Crippen LogP contribution in [0.3, 0.4) is 0 Å². The van der Waals surface area contributed by atoms with Crippen LogP contribution in [0.2, 0.25) is 0 Å². The number of carbonyl (C=O) groups is 1. The number of hydrogen-bond donors (Lipinski definition) is 1. The number of benzene rings is 1. The summed E-state index contributed by atoms with van der Waals surface area (Å²) in [6, 6.07) is 11.8. The van der Waals surface area contributed by atoms with E-state index in [1.807, 2.05) is 48.3 Å². The van der Waals surface area contributed by atoms with Crippen molar-refractivity contribution in [3.8, 4) is 11.4 Å². The van der Waals surface area contributed by atoms with Gasteiger partial charge in [-0.15, -0.1) is 11.3 Å². The van der Waals surface area contributed by atoms with Gasteiger partial charge < -0.3 is 10.2 Å². The molecule has 0 aliphatic heterocycles. The van der Waals surface area contributed by atoms with Gasteiger partial charge in [-0.3, -0.25) is 9.78 Å². The number of fused-ring (bicyclic) bond motifs is 3. The first kappa shape index (κ1) is 20.6. The van der Waals surface area contributed by atoms with E-state index in [1.54, 1.807) is 23.7 Å². The van der Waals surface area contributed by atoms with Crippen LogP contribution in [-0.2, 0) is 24.1 Å². The Hall–Kier alpha value is -3.32. The van der Waals surface area contributed by atoms with E-state index < -0.39 is 0 Å². The summed E-state index contributed by atoms with van der Waals surface area (Å²) in [6.45, 7) is 2.30. The lowest BCUT2D eigenvalue weighted by atomic mass is 10.1. The number of likely N-dealkylation sites (N-methyl/N-ethyl adjacent to an activating group) is 1. The lowest BCUT2D eigenvalue weighted by molar-refractivity contribution is -0.114. The van der Waals surface area contributed by atoms with E-state index in [1.165, 1.54) is 16.9 Å². The van der Waals surface area contributed by atoms with Crippen LogP contribution in [0, 0.1) is 0 Å². The van der Waals surface area contributed by atoms with Crippen molar-refractivity contribution < 1.29 is 4.79 Å². The van der Waals surface area contributed by atoms with E-state index in [4.69, 9.17) is 9.97 Å². The zero-order valence-corrected chi connectivity index (χ0v) is 19.1. The van der Waals surface area contributed by atoms with Crippen LogP contribution < -0.4 is 10.2 Å². The Bertz CT molecular complexity index is 1280. The van der Waals surface area contributed by atoms with Gasteiger partial charge in [-0.05, 0) is 55.0 Å². The summed E-state index contributed by atoms with van der Waals surface area (Å²) >= 11 is 1.75. The van der Waals surface area contributed by atoms with Crippen LogP contribution in [0.4, 0.5) is 11.5 Å². The third kappa shape index (κ3) is 3.84. The molecule has 1 aliphatic carbocycles. The fourth-order valence-electron chi connectivity index (χ4n) is 4.31. The second-order valence-electron chi connectivity index (χ2n) is 8.06. The Morgan fingerprint density at radius 2 is 2.03 bits per heavy atom. The average molecular weight is 444 g/mol. The van der Waals surface area contributed by atoms with Gasteiger partial charge in [-0.25, -0.2) is 9.97 Å². The molecule has 0 bridgehead atoms. The number of para-hydroxylation sites is 1. The van der Waals surface area contributed by atoms with Gasteiger partial charge in [0.2, 0.25) is 5.91 Å². The van der Waals surface area contributed by atoms with Crippen LogP contribution in [0.15, 0.2) is 48.8 Å². The van der Waals surface area contributed by atoms with Crippen LogP contribution in [0.25, 0.3) is 21.6 Å². The zero-order chi connectivity index (χ0) is 22.1. The number of hydrogen-bond acceptors (Lipinski definition) is 6. The summed E-state index contributed by atoms with van der Waals surface area (Å²) in [5, 5.41) is 4.17. The Balaban J connectivity index is 1.50. The summed E-state index contributed by atoms with van der Waals surface area (Å²) in [7, 11) is 1.93. The van der Waals surface area contributed by atoms with Gasteiger partial charge in [0.05, 0.1) is 11.9 Å². The molecule has 0 atom stereocenters. The van der Waals surface area contributed by atoms with E-state index in [0.717, 1.165) is 52.1 Å². The monoisotopic (exact) mass is 443 g/mol. The Labute approximate surface area is 191 Å². The fraction of sp³-hybridized carbons (Fsp3) is 0.280. The third-order valence-corrected chi connectivity index (χ3v) is 7.07. The highest BCUT2D eigenvalue weighted by Gasteiger charge is 2.25. The van der Waals surface area contributed by atoms with Gasteiger partial charge in [0.25, 0.3) is 0 Å². The molecule has 0 saturated heterocycles. The lowest BCUT2D eigenvalue weighted by Gasteiger charge is -2.20. The molecule has 0 spiro atoms. The van der Waals surface area contributed by atoms with Gasteiger partial charge in [0.15, 0.2) is 5.82 Å². The first-order valence-electron chi connectivity index (χ1n) is 11.0. The largest absolute Gasteiger partial charge is 0.350 e. The highest BCUT2D eigenvalue weighted by atomic mass is 32.1. The molecule has 3 aromatic heterocycles. The molecule has 1 amide bonds. The molecule has 4 aromatic rings. The number of anilines is 2. The van der Waals surface area contributed by atoms with Crippen molar-refractivity contribution in [2.75, 3.05) is 23.8 Å². The molecule has 0 radical (unpaired) electrons. The average Bonchev–Trinajstić information content (AvgIpc) is 3.40. The molecule has 6 nitrogen and oxygen atoms in total. The SMILES string of the molecule is CCc1ccccc1NC(=O)CN(C)c1nc(-c2cccnc2)nc2sc3c(c12)CCC3. The van der Waals surface area contributed by atoms with Crippen LogP contribution in [0.5, 0.6) is 0 Å². The molecule has 5 rings (SSSR count). The Morgan fingerprint density at radius 3 is 2.84 bits per heavy atom. The number of pyridine rings is 1. The smallest absolute Gasteiger partial charge is 0.243 e. The van der Waals surface area contributed by atoms with Crippen LogP contribution in [0.1, 0.15) is 29.3 Å². The summed E-state index contributed by atoms with van der Waals surface area (Å²) in [4.78, 5) is 31.3. The lowest BCUT2D eigenvalue weighted by Crippen LogP contribution is -2.31. The minimum atomic E-state index is -0.0602. The number of amides is 1. The second-order valence-corrected chi connectivity index (χ2v) is 9.15. The number of carbonyl (C=O) groups excluding carboxylic acids is 1.